The number of amides is 3. The zero-order valence-electron chi connectivity index (χ0n) is 27.3. The molecule has 1 unspecified atom stereocenters. The molecule has 3 amide bonds. The van der Waals surface area contributed by atoms with Crippen LogP contribution in [-0.4, -0.2) is 23.0 Å². The summed E-state index contributed by atoms with van der Waals surface area (Å²) in [6.45, 7) is 2.29. The Kier molecular flexibility index (Phi) is 11.0. The van der Waals surface area contributed by atoms with Crippen LogP contribution < -0.4 is 20.7 Å². The van der Waals surface area contributed by atoms with Crippen LogP contribution in [0.5, 0.6) is 5.75 Å². The van der Waals surface area contributed by atoms with Gasteiger partial charge in [0.15, 0.2) is 0 Å². The van der Waals surface area contributed by atoms with E-state index in [-0.39, 0.29) is 16.9 Å². The average Bonchev–Trinajstić information content (AvgIpc) is 3.15. The summed E-state index contributed by atoms with van der Waals surface area (Å²) < 4.78 is 5.89. The lowest BCUT2D eigenvalue weighted by Gasteiger charge is -2.14. The number of nitrogens with one attached hydrogen (secondary N) is 3. The van der Waals surface area contributed by atoms with Crippen molar-refractivity contribution in [1.82, 2.24) is 5.32 Å². The predicted molar refractivity (Wildman–Crippen MR) is 202 cm³/mol. The van der Waals surface area contributed by atoms with Gasteiger partial charge in [0.25, 0.3) is 11.8 Å². The minimum atomic E-state index is -0.484. The summed E-state index contributed by atoms with van der Waals surface area (Å²) >= 11 is 1.42. The molecule has 248 valence electrons. The molecule has 0 aromatic heterocycles. The molecule has 6 rings (SSSR count). The minimum absolute atomic E-state index is 0.0780. The molecule has 0 aliphatic heterocycles. The van der Waals surface area contributed by atoms with Gasteiger partial charge in [-0.15, -0.1) is 11.8 Å². The SMILES string of the molecule is CC(Sc1ccc(NC(=O)/C(=C/c2ccc(OCc3ccccc3)cc2)NC(=O)c2ccccc2)cc1)C(=O)Nc1ccc2ccccc2c1. The standard InChI is InChI=1S/C42H35N3O4S/c1-29(40(46)44-36-19-18-32-12-8-9-15-34(32)27-36)50-38-24-20-35(21-25-38)43-42(48)39(45-41(47)33-13-6-3-7-14-33)26-30-16-22-37(23-17-30)49-28-31-10-4-2-5-11-31/h2-27,29H,28H2,1H3,(H,43,48)(H,44,46)(H,45,47)/b39-26-. The first kappa shape index (κ1) is 33.8. The van der Waals surface area contributed by atoms with Gasteiger partial charge in [-0.1, -0.05) is 91.0 Å². The molecule has 6 aromatic carbocycles. The van der Waals surface area contributed by atoms with E-state index < -0.39 is 11.8 Å². The van der Waals surface area contributed by atoms with Gasteiger partial charge in [0, 0.05) is 21.8 Å². The molecule has 0 heterocycles. The average molecular weight is 678 g/mol. The van der Waals surface area contributed by atoms with E-state index in [0.717, 1.165) is 26.9 Å². The van der Waals surface area contributed by atoms with E-state index in [0.29, 0.717) is 29.2 Å². The Morgan fingerprint density at radius 2 is 1.32 bits per heavy atom. The lowest BCUT2D eigenvalue weighted by atomic mass is 10.1. The zero-order chi connectivity index (χ0) is 34.7. The van der Waals surface area contributed by atoms with E-state index >= 15 is 0 Å². The Morgan fingerprint density at radius 1 is 0.680 bits per heavy atom. The van der Waals surface area contributed by atoms with Gasteiger partial charge in [0.2, 0.25) is 5.91 Å². The lowest BCUT2D eigenvalue weighted by molar-refractivity contribution is -0.115. The minimum Gasteiger partial charge on any atom is -0.489 e. The highest BCUT2D eigenvalue weighted by atomic mass is 32.2. The highest BCUT2D eigenvalue weighted by Gasteiger charge is 2.17. The molecule has 0 aliphatic carbocycles. The first-order valence-corrected chi connectivity index (χ1v) is 17.0. The number of carbonyl (C=O) groups is 3. The van der Waals surface area contributed by atoms with Crippen LogP contribution in [0.2, 0.25) is 0 Å². The van der Waals surface area contributed by atoms with E-state index in [1.807, 2.05) is 122 Å². The van der Waals surface area contributed by atoms with Gasteiger partial charge in [0.05, 0.1) is 5.25 Å². The van der Waals surface area contributed by atoms with Gasteiger partial charge in [-0.2, -0.15) is 0 Å². The van der Waals surface area contributed by atoms with E-state index in [1.54, 1.807) is 42.5 Å². The second kappa shape index (κ2) is 16.3. The molecule has 3 N–H and O–H groups in total. The number of rotatable bonds is 12. The Bertz CT molecular complexity index is 2120. The number of carbonyl (C=O) groups excluding carboxylic acids is 3. The van der Waals surface area contributed by atoms with Crippen LogP contribution >= 0.6 is 11.8 Å². The maximum atomic E-state index is 13.5. The molecular weight excluding hydrogens is 643 g/mol. The van der Waals surface area contributed by atoms with E-state index in [1.165, 1.54) is 11.8 Å². The fourth-order valence-electron chi connectivity index (χ4n) is 5.09. The van der Waals surface area contributed by atoms with Crippen molar-refractivity contribution in [3.05, 3.63) is 174 Å². The summed E-state index contributed by atoms with van der Waals surface area (Å²) in [5.41, 5.74) is 3.55. The summed E-state index contributed by atoms with van der Waals surface area (Å²) in [6, 6.07) is 47.0. The molecule has 0 saturated heterocycles. The first-order valence-electron chi connectivity index (χ1n) is 16.1. The van der Waals surface area contributed by atoms with Gasteiger partial charge < -0.3 is 20.7 Å². The fourth-order valence-corrected chi connectivity index (χ4v) is 5.96. The second-order valence-electron chi connectivity index (χ2n) is 11.5. The van der Waals surface area contributed by atoms with Crippen LogP contribution in [0.3, 0.4) is 0 Å². The number of thioether (sulfide) groups is 1. The number of fused-ring (bicyclic) bond motifs is 1. The monoisotopic (exact) mass is 677 g/mol. The molecule has 0 bridgehead atoms. The number of hydrogen-bond donors (Lipinski definition) is 3. The quantitative estimate of drug-likeness (QED) is 0.0888. The molecule has 7 nitrogen and oxygen atoms in total. The van der Waals surface area contributed by atoms with Crippen molar-refractivity contribution in [2.24, 2.45) is 0 Å². The topological polar surface area (TPSA) is 96.5 Å². The molecule has 0 saturated carbocycles. The van der Waals surface area contributed by atoms with Crippen LogP contribution in [0.15, 0.2) is 162 Å². The third-order valence-corrected chi connectivity index (χ3v) is 8.89. The molecule has 50 heavy (non-hydrogen) atoms. The van der Waals surface area contributed by atoms with Crippen LogP contribution in [-0.2, 0) is 16.2 Å². The molecule has 8 heteroatoms. The van der Waals surface area contributed by atoms with E-state index in [9.17, 15) is 14.4 Å². The normalized spacial score (nSPS) is 11.7. The van der Waals surface area contributed by atoms with Crippen molar-refractivity contribution < 1.29 is 19.1 Å². The van der Waals surface area contributed by atoms with Gasteiger partial charge in [-0.05, 0) is 95.6 Å². The van der Waals surface area contributed by atoms with Crippen LogP contribution in [0.4, 0.5) is 11.4 Å². The van der Waals surface area contributed by atoms with Crippen molar-refractivity contribution in [3.63, 3.8) is 0 Å². The number of anilines is 2. The maximum Gasteiger partial charge on any atom is 0.272 e. The molecule has 0 spiro atoms. The highest BCUT2D eigenvalue weighted by molar-refractivity contribution is 8.00. The van der Waals surface area contributed by atoms with Crippen LogP contribution in [0.1, 0.15) is 28.4 Å². The van der Waals surface area contributed by atoms with Gasteiger partial charge in [-0.3, -0.25) is 14.4 Å². The van der Waals surface area contributed by atoms with Gasteiger partial charge >= 0.3 is 0 Å². The van der Waals surface area contributed by atoms with Crippen molar-refractivity contribution in [2.45, 2.75) is 23.7 Å². The second-order valence-corrected chi connectivity index (χ2v) is 12.9. The molecule has 6 aromatic rings. The Labute approximate surface area is 295 Å². The van der Waals surface area contributed by atoms with Crippen LogP contribution in [0.25, 0.3) is 16.8 Å². The van der Waals surface area contributed by atoms with E-state index in [2.05, 4.69) is 16.0 Å². The van der Waals surface area contributed by atoms with Gasteiger partial charge in [0.1, 0.15) is 18.1 Å². The van der Waals surface area contributed by atoms with Crippen molar-refractivity contribution >= 4 is 57.7 Å². The largest absolute Gasteiger partial charge is 0.489 e. The smallest absolute Gasteiger partial charge is 0.272 e. The molecular formula is C42H35N3O4S. The Morgan fingerprint density at radius 3 is 2.04 bits per heavy atom. The number of ether oxygens (including phenoxy) is 1. The first-order chi connectivity index (χ1) is 24.4. The van der Waals surface area contributed by atoms with E-state index in [4.69, 9.17) is 4.74 Å². The molecule has 1 atom stereocenters. The Balaban J connectivity index is 1.10. The predicted octanol–water partition coefficient (Wildman–Crippen LogP) is 8.95. The van der Waals surface area contributed by atoms with Gasteiger partial charge in [-0.25, -0.2) is 0 Å². The maximum absolute atomic E-state index is 13.5. The zero-order valence-corrected chi connectivity index (χ0v) is 28.2. The highest BCUT2D eigenvalue weighted by Crippen LogP contribution is 2.27. The fraction of sp³-hybridized carbons (Fsp3) is 0.0714. The van der Waals surface area contributed by atoms with Crippen LogP contribution in [0, 0.1) is 0 Å². The number of hydrogen-bond acceptors (Lipinski definition) is 5. The third-order valence-electron chi connectivity index (χ3n) is 7.78. The Hall–Kier alpha value is -6.12. The third kappa shape index (κ3) is 9.27. The summed E-state index contributed by atoms with van der Waals surface area (Å²) in [5.74, 6) is -0.314. The summed E-state index contributed by atoms with van der Waals surface area (Å²) in [6.07, 6.45) is 1.62. The summed E-state index contributed by atoms with van der Waals surface area (Å²) in [5, 5.41) is 10.5. The van der Waals surface area contributed by atoms with Crippen molar-refractivity contribution in [1.29, 1.82) is 0 Å². The summed E-state index contributed by atoms with van der Waals surface area (Å²) in [4.78, 5) is 40.4. The molecule has 0 aliphatic rings. The van der Waals surface area contributed by atoms with Crippen molar-refractivity contribution in [3.8, 4) is 5.75 Å². The molecule has 0 radical (unpaired) electrons. The number of benzene rings is 6. The summed E-state index contributed by atoms with van der Waals surface area (Å²) in [7, 11) is 0. The van der Waals surface area contributed by atoms with Crippen molar-refractivity contribution in [2.75, 3.05) is 10.6 Å². The molecule has 0 fully saturated rings. The lowest BCUT2D eigenvalue weighted by Crippen LogP contribution is -2.30.